The van der Waals surface area contributed by atoms with Crippen molar-refractivity contribution in [3.63, 3.8) is 0 Å². The molecule has 0 radical (unpaired) electrons. The average Bonchev–Trinajstić information content (AvgIpc) is 2.10. The molecular formula is C6H4BF3O2. The molecule has 0 aliphatic carbocycles. The minimum absolute atomic E-state index is 0.0569. The molecule has 1 rings (SSSR count). The fourth-order valence-electron chi connectivity index (χ4n) is 0.737. The van der Waals surface area contributed by atoms with Crippen LogP contribution >= 0.6 is 0 Å². The zero-order chi connectivity index (χ0) is 8.97. The summed E-state index contributed by atoms with van der Waals surface area (Å²) in [5.41, 5.74) is 0.0569. The molecule has 0 saturated carbocycles. The van der Waals surface area contributed by atoms with Gasteiger partial charge in [0.25, 0.3) is 0 Å². The first-order valence-corrected chi connectivity index (χ1v) is 3.08. The van der Waals surface area contributed by atoms with Gasteiger partial charge >= 0.3 is 7.12 Å². The van der Waals surface area contributed by atoms with Crippen LogP contribution in [0.2, 0.25) is 0 Å². The van der Waals surface area contributed by atoms with Gasteiger partial charge in [-0.1, -0.05) is 21.2 Å². The van der Waals surface area contributed by atoms with Gasteiger partial charge in [0, 0.05) is 0 Å². The lowest BCUT2D eigenvalue weighted by Gasteiger charge is -2.00. The quantitative estimate of drug-likeness (QED) is 0.646. The number of hydrogen-bond donors (Lipinski definition) is 0. The highest BCUT2D eigenvalue weighted by Crippen LogP contribution is 1.97. The Morgan fingerprint density at radius 3 is 1.92 bits per heavy atom. The molecule has 12 heavy (non-hydrogen) atoms. The molecule has 0 atom stereocenters. The fraction of sp³-hybridized carbons (Fsp3) is 0. The van der Waals surface area contributed by atoms with Crippen molar-refractivity contribution < 1.29 is 23.2 Å². The molecule has 1 aromatic carbocycles. The van der Waals surface area contributed by atoms with E-state index in [9.17, 15) is 13.4 Å². The first kappa shape index (κ1) is 9.09. The Balaban J connectivity index is 2.80. The molecule has 0 unspecified atom stereocenters. The third-order valence-electron chi connectivity index (χ3n) is 1.30. The molecule has 0 heterocycles. The summed E-state index contributed by atoms with van der Waals surface area (Å²) >= 11 is 0. The maximum Gasteiger partial charge on any atom is 0.568 e. The van der Waals surface area contributed by atoms with Crippen molar-refractivity contribution in [1.29, 1.82) is 0 Å². The van der Waals surface area contributed by atoms with E-state index >= 15 is 0 Å². The fourth-order valence-corrected chi connectivity index (χ4v) is 0.737. The van der Waals surface area contributed by atoms with E-state index in [0.717, 1.165) is 24.3 Å². The number of benzene rings is 1. The van der Waals surface area contributed by atoms with Crippen molar-refractivity contribution in [2.75, 3.05) is 0 Å². The molecule has 0 N–H and O–H groups in total. The van der Waals surface area contributed by atoms with Crippen LogP contribution in [0.3, 0.4) is 0 Å². The van der Waals surface area contributed by atoms with E-state index in [1.165, 1.54) is 0 Å². The Labute approximate surface area is 66.8 Å². The Morgan fingerprint density at radius 1 is 1.00 bits per heavy atom. The second-order valence-electron chi connectivity index (χ2n) is 2.06. The van der Waals surface area contributed by atoms with E-state index in [4.69, 9.17) is 0 Å². The smallest absolute Gasteiger partial charge is 0.214 e. The van der Waals surface area contributed by atoms with Gasteiger partial charge in [-0.3, -0.25) is 0 Å². The Hall–Kier alpha value is -1.01. The number of halogens is 3. The van der Waals surface area contributed by atoms with Gasteiger partial charge in [0.1, 0.15) is 5.82 Å². The Bertz CT molecular complexity index is 237. The van der Waals surface area contributed by atoms with Crippen LogP contribution in [0.1, 0.15) is 0 Å². The van der Waals surface area contributed by atoms with E-state index in [1.807, 2.05) is 0 Å². The summed E-state index contributed by atoms with van der Waals surface area (Å²) in [4.78, 5) is 6.21. The maximum atomic E-state index is 12.3. The molecule has 1 aromatic rings. The topological polar surface area (TPSA) is 18.5 Å². The van der Waals surface area contributed by atoms with Crippen molar-refractivity contribution >= 4 is 12.6 Å². The zero-order valence-electron chi connectivity index (χ0n) is 5.84. The zero-order valence-corrected chi connectivity index (χ0v) is 5.84. The lowest BCUT2D eigenvalue weighted by atomic mass is 9.80. The molecule has 0 aliphatic heterocycles. The predicted molar refractivity (Wildman–Crippen MR) is 36.2 cm³/mol. The Kier molecular flexibility index (Phi) is 3.13. The molecule has 0 aliphatic rings. The molecule has 6 heteroatoms. The first-order chi connectivity index (χ1) is 5.77. The number of rotatable bonds is 3. The summed E-state index contributed by atoms with van der Waals surface area (Å²) in [6.45, 7) is 0. The summed E-state index contributed by atoms with van der Waals surface area (Å²) in [6.07, 6.45) is 0. The lowest BCUT2D eigenvalue weighted by Crippen LogP contribution is -2.32. The van der Waals surface area contributed by atoms with Crippen LogP contribution in [-0.2, 0) is 9.72 Å². The van der Waals surface area contributed by atoms with Gasteiger partial charge < -0.3 is 0 Å². The van der Waals surface area contributed by atoms with Gasteiger partial charge in [-0.2, -0.15) is 0 Å². The van der Waals surface area contributed by atoms with Crippen molar-refractivity contribution in [3.05, 3.63) is 30.1 Å². The molecule has 0 bridgehead atoms. The van der Waals surface area contributed by atoms with Crippen LogP contribution in [0.4, 0.5) is 13.4 Å². The molecule has 0 saturated heterocycles. The highest BCUT2D eigenvalue weighted by atomic mass is 19.3. The van der Waals surface area contributed by atoms with Gasteiger partial charge in [-0.15, -0.1) is 0 Å². The van der Waals surface area contributed by atoms with Gasteiger partial charge in [-0.25, -0.2) is 14.1 Å². The SMILES string of the molecule is FOB(OF)c1ccc(F)cc1. The summed E-state index contributed by atoms with van der Waals surface area (Å²) in [6, 6.07) is 4.39. The molecular weight excluding hydrogens is 172 g/mol. The van der Waals surface area contributed by atoms with Gasteiger partial charge in [-0.05, 0) is 17.6 Å². The third kappa shape index (κ3) is 1.99. The minimum Gasteiger partial charge on any atom is -0.214 e. The second kappa shape index (κ2) is 4.13. The molecule has 0 aromatic heterocycles. The monoisotopic (exact) mass is 176 g/mol. The highest BCUT2D eigenvalue weighted by Gasteiger charge is 2.23. The van der Waals surface area contributed by atoms with Gasteiger partial charge in [0.05, 0.1) is 0 Å². The second-order valence-corrected chi connectivity index (χ2v) is 2.06. The molecule has 0 fully saturated rings. The van der Waals surface area contributed by atoms with Crippen LogP contribution in [0.5, 0.6) is 0 Å². The Morgan fingerprint density at radius 2 is 1.50 bits per heavy atom. The van der Waals surface area contributed by atoms with Crippen LogP contribution in [0.25, 0.3) is 0 Å². The van der Waals surface area contributed by atoms with E-state index in [2.05, 4.69) is 9.72 Å². The maximum absolute atomic E-state index is 12.3. The third-order valence-corrected chi connectivity index (χ3v) is 1.30. The predicted octanol–water partition coefficient (Wildman–Crippen LogP) is 1.32. The summed E-state index contributed by atoms with van der Waals surface area (Å²) < 4.78 is 35.3. The standard InChI is InChI=1S/C6H4BF3O2/c8-6-3-1-5(2-4-6)7(11-9)12-10/h1-4H. The molecule has 0 amide bonds. The van der Waals surface area contributed by atoms with E-state index in [0.29, 0.717) is 0 Å². The highest BCUT2D eigenvalue weighted by molar-refractivity contribution is 6.60. The summed E-state index contributed by atoms with van der Waals surface area (Å²) in [7, 11) is -1.74. The normalized spacial score (nSPS) is 9.92. The average molecular weight is 176 g/mol. The van der Waals surface area contributed by atoms with Crippen molar-refractivity contribution in [2.45, 2.75) is 0 Å². The van der Waals surface area contributed by atoms with Crippen LogP contribution in [0.15, 0.2) is 24.3 Å². The molecule has 64 valence electrons. The van der Waals surface area contributed by atoms with Crippen LogP contribution in [0, 0.1) is 5.82 Å². The van der Waals surface area contributed by atoms with Crippen LogP contribution in [-0.4, -0.2) is 7.12 Å². The lowest BCUT2D eigenvalue weighted by molar-refractivity contribution is -0.100. The summed E-state index contributed by atoms with van der Waals surface area (Å²) in [5.74, 6) is -0.504. The van der Waals surface area contributed by atoms with Gasteiger partial charge in [0.15, 0.2) is 0 Å². The summed E-state index contributed by atoms with van der Waals surface area (Å²) in [5, 5.41) is 0. The minimum atomic E-state index is -1.74. The van der Waals surface area contributed by atoms with Crippen molar-refractivity contribution in [2.24, 2.45) is 0 Å². The van der Waals surface area contributed by atoms with E-state index in [-0.39, 0.29) is 5.46 Å². The van der Waals surface area contributed by atoms with Crippen molar-refractivity contribution in [3.8, 4) is 0 Å². The first-order valence-electron chi connectivity index (χ1n) is 3.08. The van der Waals surface area contributed by atoms with Crippen LogP contribution < -0.4 is 5.46 Å². The van der Waals surface area contributed by atoms with Crippen molar-refractivity contribution in [1.82, 2.24) is 0 Å². The largest absolute Gasteiger partial charge is 0.568 e. The molecule has 2 nitrogen and oxygen atoms in total. The molecule has 0 spiro atoms. The number of hydrogen-bond acceptors (Lipinski definition) is 2. The van der Waals surface area contributed by atoms with E-state index in [1.54, 1.807) is 0 Å². The van der Waals surface area contributed by atoms with E-state index < -0.39 is 12.9 Å². The van der Waals surface area contributed by atoms with Gasteiger partial charge in [0.2, 0.25) is 0 Å².